The highest BCUT2D eigenvalue weighted by Crippen LogP contribution is 2.29. The van der Waals surface area contributed by atoms with E-state index < -0.39 is 11.9 Å². The van der Waals surface area contributed by atoms with Gasteiger partial charge in [-0.25, -0.2) is 14.6 Å². The van der Waals surface area contributed by atoms with Gasteiger partial charge in [0.25, 0.3) is 0 Å². The maximum absolute atomic E-state index is 12.9. The van der Waals surface area contributed by atoms with E-state index in [9.17, 15) is 13.2 Å². The van der Waals surface area contributed by atoms with Gasteiger partial charge in [-0.05, 0) is 26.0 Å². The van der Waals surface area contributed by atoms with Crippen LogP contribution in [-0.4, -0.2) is 35.6 Å². The summed E-state index contributed by atoms with van der Waals surface area (Å²) in [4.78, 5) is 8.61. The number of alkyl halides is 3. The van der Waals surface area contributed by atoms with Gasteiger partial charge in [0.2, 0.25) is 0 Å². The Kier molecular flexibility index (Phi) is 4.62. The van der Waals surface area contributed by atoms with Crippen molar-refractivity contribution in [3.63, 3.8) is 0 Å². The summed E-state index contributed by atoms with van der Waals surface area (Å²) in [6, 6.07) is 6.26. The summed E-state index contributed by atoms with van der Waals surface area (Å²) in [5.41, 5.74) is 0.816. The van der Waals surface area contributed by atoms with E-state index in [2.05, 4.69) is 25.5 Å². The Morgan fingerprint density at radius 3 is 2.60 bits per heavy atom. The molecule has 0 saturated heterocycles. The highest BCUT2D eigenvalue weighted by molar-refractivity contribution is 5.77. The molecule has 1 N–H and O–H groups in total. The van der Waals surface area contributed by atoms with E-state index in [1.54, 1.807) is 18.3 Å². The number of pyridine rings is 2. The zero-order valence-corrected chi connectivity index (χ0v) is 15.9. The fourth-order valence-electron chi connectivity index (χ4n) is 2.92. The van der Waals surface area contributed by atoms with Crippen LogP contribution in [0.3, 0.4) is 0 Å². The number of anilines is 1. The second-order valence-corrected chi connectivity index (χ2v) is 6.81. The third kappa shape index (κ3) is 3.55. The number of nitrogens with zero attached hydrogens (tertiary/aromatic N) is 7. The van der Waals surface area contributed by atoms with Crippen LogP contribution >= 0.6 is 0 Å². The van der Waals surface area contributed by atoms with Crippen molar-refractivity contribution in [1.29, 1.82) is 5.26 Å². The van der Waals surface area contributed by atoms with E-state index in [4.69, 9.17) is 5.26 Å². The Bertz CT molecular complexity index is 1260. The van der Waals surface area contributed by atoms with Gasteiger partial charge in [-0.3, -0.25) is 0 Å². The van der Waals surface area contributed by atoms with Crippen LogP contribution in [0.4, 0.5) is 18.9 Å². The minimum Gasteiger partial charge on any atom is -0.381 e. The molecule has 0 spiro atoms. The van der Waals surface area contributed by atoms with E-state index in [0.717, 1.165) is 10.7 Å². The first kappa shape index (κ1) is 19.4. The van der Waals surface area contributed by atoms with Gasteiger partial charge < -0.3 is 5.32 Å². The number of fused-ring (bicyclic) bond motifs is 1. The number of aromatic nitrogens is 6. The summed E-state index contributed by atoms with van der Waals surface area (Å²) in [7, 11) is 0. The van der Waals surface area contributed by atoms with Crippen LogP contribution < -0.4 is 5.32 Å². The third-order valence-corrected chi connectivity index (χ3v) is 4.19. The molecule has 0 radical (unpaired) electrons. The van der Waals surface area contributed by atoms with Crippen LogP contribution in [0.25, 0.3) is 22.5 Å². The van der Waals surface area contributed by atoms with Crippen LogP contribution in [0.15, 0.2) is 43.0 Å². The van der Waals surface area contributed by atoms with Gasteiger partial charge in [-0.2, -0.15) is 33.3 Å². The summed E-state index contributed by atoms with van der Waals surface area (Å²) >= 11 is 0. The Morgan fingerprint density at radius 2 is 1.93 bits per heavy atom. The highest BCUT2D eigenvalue weighted by Gasteiger charge is 2.33. The van der Waals surface area contributed by atoms with E-state index in [-0.39, 0.29) is 6.04 Å². The van der Waals surface area contributed by atoms with Gasteiger partial charge in [-0.1, -0.05) is 0 Å². The fourth-order valence-corrected chi connectivity index (χ4v) is 2.92. The zero-order valence-electron chi connectivity index (χ0n) is 15.9. The molecule has 11 heteroatoms. The lowest BCUT2D eigenvalue weighted by Gasteiger charge is -2.16. The molecule has 0 amide bonds. The van der Waals surface area contributed by atoms with Crippen LogP contribution in [0.2, 0.25) is 0 Å². The normalized spacial score (nSPS) is 11.8. The summed E-state index contributed by atoms with van der Waals surface area (Å²) in [5, 5.41) is 20.8. The average molecular weight is 412 g/mol. The number of hydrogen-bond acceptors (Lipinski definition) is 6. The molecular weight excluding hydrogens is 397 g/mol. The van der Waals surface area contributed by atoms with Crippen molar-refractivity contribution < 1.29 is 13.2 Å². The highest BCUT2D eigenvalue weighted by atomic mass is 19.4. The summed E-state index contributed by atoms with van der Waals surface area (Å²) < 4.78 is 41.4. The third-order valence-electron chi connectivity index (χ3n) is 4.19. The molecule has 0 unspecified atom stereocenters. The second-order valence-electron chi connectivity index (χ2n) is 6.81. The largest absolute Gasteiger partial charge is 0.435 e. The average Bonchev–Trinajstić information content (AvgIpc) is 3.34. The first-order chi connectivity index (χ1) is 14.3. The van der Waals surface area contributed by atoms with Crippen LogP contribution in [0, 0.1) is 11.3 Å². The van der Waals surface area contributed by atoms with E-state index in [1.165, 1.54) is 23.3 Å². The van der Waals surface area contributed by atoms with Crippen molar-refractivity contribution in [2.75, 3.05) is 5.32 Å². The van der Waals surface area contributed by atoms with Crippen molar-refractivity contribution in [3.8, 4) is 17.6 Å². The molecule has 4 rings (SSSR count). The van der Waals surface area contributed by atoms with Crippen molar-refractivity contribution >= 4 is 16.7 Å². The van der Waals surface area contributed by atoms with Gasteiger partial charge in [0.1, 0.15) is 11.8 Å². The smallest absolute Gasteiger partial charge is 0.381 e. The monoisotopic (exact) mass is 412 g/mol. The molecule has 0 fully saturated rings. The lowest BCUT2D eigenvalue weighted by atomic mass is 10.2. The minimum absolute atomic E-state index is 0.00215. The fraction of sp³-hybridized carbons (Fsp3) is 0.211. The van der Waals surface area contributed by atoms with Gasteiger partial charge >= 0.3 is 6.18 Å². The number of halogens is 3. The lowest BCUT2D eigenvalue weighted by Crippen LogP contribution is -2.14. The summed E-state index contributed by atoms with van der Waals surface area (Å²) in [5.74, 6) is 0.414. The van der Waals surface area contributed by atoms with Gasteiger partial charge in [0.15, 0.2) is 17.2 Å². The number of hydrogen-bond donors (Lipinski definition) is 1. The standard InChI is InChI=1S/C19H15F3N8/c1-11(2)27-14-6-17(30-18-13(9-26-30)5-12(7-23)8-25-18)24-10-15(14)29-4-3-16(28-29)19(20,21)22/h3-6,8-11H,1-2H3,(H,24,27). The molecule has 0 aromatic carbocycles. The molecule has 0 aliphatic carbocycles. The second kappa shape index (κ2) is 7.14. The molecule has 152 valence electrons. The van der Waals surface area contributed by atoms with Crippen molar-refractivity contribution in [1.82, 2.24) is 29.5 Å². The number of rotatable bonds is 4. The van der Waals surface area contributed by atoms with Crippen molar-refractivity contribution in [2.24, 2.45) is 0 Å². The molecule has 4 heterocycles. The molecule has 0 aliphatic heterocycles. The number of nitrogens with one attached hydrogen (secondary N) is 1. The first-order valence-corrected chi connectivity index (χ1v) is 8.90. The van der Waals surface area contributed by atoms with Gasteiger partial charge in [0.05, 0.1) is 23.6 Å². The van der Waals surface area contributed by atoms with Gasteiger partial charge in [0, 0.05) is 29.9 Å². The topological polar surface area (TPSA) is 97.2 Å². The quantitative estimate of drug-likeness (QED) is 0.549. The molecular formula is C19H15F3N8. The van der Waals surface area contributed by atoms with Crippen LogP contribution in [0.1, 0.15) is 25.1 Å². The Hall–Kier alpha value is -3.94. The SMILES string of the molecule is CC(C)Nc1cc(-n2ncc3cc(C#N)cnc32)ncc1-n1ccc(C(F)(F)F)n1. The zero-order chi connectivity index (χ0) is 21.5. The van der Waals surface area contributed by atoms with E-state index >= 15 is 0 Å². The molecule has 4 aromatic rings. The number of nitriles is 1. The summed E-state index contributed by atoms with van der Waals surface area (Å²) in [6.45, 7) is 3.81. The predicted molar refractivity (Wildman–Crippen MR) is 102 cm³/mol. The Balaban J connectivity index is 1.81. The summed E-state index contributed by atoms with van der Waals surface area (Å²) in [6.07, 6.45) is 1.12. The van der Waals surface area contributed by atoms with E-state index in [1.807, 2.05) is 19.9 Å². The first-order valence-electron chi connectivity index (χ1n) is 8.90. The molecule has 4 aromatic heterocycles. The molecule has 8 nitrogen and oxygen atoms in total. The van der Waals surface area contributed by atoms with Crippen molar-refractivity contribution in [2.45, 2.75) is 26.1 Å². The maximum atomic E-state index is 12.9. The molecule has 30 heavy (non-hydrogen) atoms. The molecule has 0 saturated carbocycles. The van der Waals surface area contributed by atoms with Crippen LogP contribution in [-0.2, 0) is 6.18 Å². The van der Waals surface area contributed by atoms with Crippen LogP contribution in [0.5, 0.6) is 0 Å². The van der Waals surface area contributed by atoms with Gasteiger partial charge in [-0.15, -0.1) is 0 Å². The predicted octanol–water partition coefficient (Wildman–Crippen LogP) is 3.71. The minimum atomic E-state index is -4.54. The Labute approximate surface area is 168 Å². The van der Waals surface area contributed by atoms with Crippen molar-refractivity contribution in [3.05, 3.63) is 54.2 Å². The molecule has 0 atom stereocenters. The molecule has 0 bridgehead atoms. The Morgan fingerprint density at radius 1 is 1.13 bits per heavy atom. The maximum Gasteiger partial charge on any atom is 0.435 e. The lowest BCUT2D eigenvalue weighted by molar-refractivity contribution is -0.141. The van der Waals surface area contributed by atoms with E-state index in [0.29, 0.717) is 33.8 Å². The molecule has 0 aliphatic rings.